The number of methoxy groups -OCH3 is 3. The van der Waals surface area contributed by atoms with E-state index < -0.39 is 0 Å². The smallest absolute Gasteiger partial charge is 0.223 e. The molecule has 0 radical (unpaired) electrons. The molecule has 0 saturated heterocycles. The van der Waals surface area contributed by atoms with Crippen LogP contribution in [0.1, 0.15) is 41.5 Å². The Hall–Kier alpha value is -3.93. The summed E-state index contributed by atoms with van der Waals surface area (Å²) >= 11 is 0. The second kappa shape index (κ2) is 11.9. The van der Waals surface area contributed by atoms with Crippen LogP contribution in [0.4, 0.5) is 0 Å². The van der Waals surface area contributed by atoms with Gasteiger partial charge >= 0.3 is 0 Å². The Morgan fingerprint density at radius 1 is 0.946 bits per heavy atom. The van der Waals surface area contributed by atoms with Gasteiger partial charge in [-0.15, -0.1) is 0 Å². The summed E-state index contributed by atoms with van der Waals surface area (Å²) in [7, 11) is 6.79. The van der Waals surface area contributed by atoms with E-state index in [1.165, 1.54) is 5.56 Å². The maximum absolute atomic E-state index is 13.5. The summed E-state index contributed by atoms with van der Waals surface area (Å²) in [6.07, 6.45) is 4.09. The van der Waals surface area contributed by atoms with Crippen LogP contribution >= 0.6 is 0 Å². The van der Waals surface area contributed by atoms with Crippen molar-refractivity contribution in [2.45, 2.75) is 32.1 Å². The van der Waals surface area contributed by atoms with Gasteiger partial charge in [-0.3, -0.25) is 4.79 Å². The van der Waals surface area contributed by atoms with E-state index in [4.69, 9.17) is 14.2 Å². The monoisotopic (exact) mass is 500 g/mol. The molecule has 1 unspecified atom stereocenters. The van der Waals surface area contributed by atoms with Gasteiger partial charge in [0.2, 0.25) is 5.91 Å². The molecule has 4 rings (SSSR count). The van der Waals surface area contributed by atoms with Gasteiger partial charge in [0.1, 0.15) is 5.75 Å². The van der Waals surface area contributed by atoms with E-state index in [1.807, 2.05) is 48.3 Å². The molecule has 0 bridgehead atoms. The lowest BCUT2D eigenvalue weighted by Crippen LogP contribution is -2.30. The zero-order valence-electron chi connectivity index (χ0n) is 22.3. The Labute approximate surface area is 219 Å². The number of carbonyl (C=O) groups is 1. The molecular weight excluding hydrogens is 464 g/mol. The van der Waals surface area contributed by atoms with E-state index in [9.17, 15) is 4.79 Å². The maximum atomic E-state index is 13.5. The van der Waals surface area contributed by atoms with Crippen LogP contribution in [0, 0.1) is 0 Å². The number of hydrogen-bond donors (Lipinski definition) is 1. The van der Waals surface area contributed by atoms with Crippen molar-refractivity contribution in [2.75, 3.05) is 34.9 Å². The zero-order valence-corrected chi connectivity index (χ0v) is 22.3. The van der Waals surface area contributed by atoms with Crippen molar-refractivity contribution in [1.82, 2.24) is 9.88 Å². The topological polar surface area (TPSA) is 63.8 Å². The van der Waals surface area contributed by atoms with Crippen LogP contribution in [-0.4, -0.2) is 50.7 Å². The van der Waals surface area contributed by atoms with Gasteiger partial charge in [-0.1, -0.05) is 43.3 Å². The molecule has 1 aromatic heterocycles. The molecule has 6 heteroatoms. The number of nitrogens with one attached hydrogen (secondary N) is 1. The number of amides is 1. The number of benzene rings is 3. The van der Waals surface area contributed by atoms with Crippen molar-refractivity contribution >= 4 is 16.8 Å². The minimum atomic E-state index is -0.105. The van der Waals surface area contributed by atoms with Gasteiger partial charge in [0.15, 0.2) is 11.5 Å². The summed E-state index contributed by atoms with van der Waals surface area (Å²) in [4.78, 5) is 18.8. The fourth-order valence-electron chi connectivity index (χ4n) is 4.88. The average molecular weight is 501 g/mol. The second-order valence-electron chi connectivity index (χ2n) is 9.23. The number of aromatic amines is 1. The van der Waals surface area contributed by atoms with E-state index in [0.717, 1.165) is 46.2 Å². The predicted octanol–water partition coefficient (Wildman–Crippen LogP) is 5.98. The molecule has 37 heavy (non-hydrogen) atoms. The number of carbonyl (C=O) groups excluding carboxylic acids is 1. The normalized spacial score (nSPS) is 11.8. The van der Waals surface area contributed by atoms with E-state index in [-0.39, 0.29) is 11.8 Å². The Morgan fingerprint density at radius 2 is 1.73 bits per heavy atom. The summed E-state index contributed by atoms with van der Waals surface area (Å²) in [6.45, 7) is 2.76. The van der Waals surface area contributed by atoms with Crippen LogP contribution in [0.15, 0.2) is 66.9 Å². The average Bonchev–Trinajstić information content (AvgIpc) is 3.38. The molecule has 0 aliphatic carbocycles. The largest absolute Gasteiger partial charge is 0.497 e. The molecule has 4 aromatic rings. The molecule has 0 spiro atoms. The Bertz CT molecular complexity index is 1360. The number of aryl methyl sites for hydroxylation is 1. The van der Waals surface area contributed by atoms with Gasteiger partial charge in [0.05, 0.1) is 21.3 Å². The van der Waals surface area contributed by atoms with Gasteiger partial charge in [-0.2, -0.15) is 0 Å². The van der Waals surface area contributed by atoms with Gasteiger partial charge in [-0.05, 0) is 59.4 Å². The maximum Gasteiger partial charge on any atom is 0.223 e. The van der Waals surface area contributed by atoms with Crippen molar-refractivity contribution < 1.29 is 19.0 Å². The quantitative estimate of drug-likeness (QED) is 0.275. The van der Waals surface area contributed by atoms with E-state index in [2.05, 4.69) is 42.4 Å². The molecular formula is C31H36N2O4. The van der Waals surface area contributed by atoms with Crippen LogP contribution in [-0.2, 0) is 17.6 Å². The molecule has 1 amide bonds. The van der Waals surface area contributed by atoms with E-state index in [0.29, 0.717) is 24.5 Å². The highest BCUT2D eigenvalue weighted by molar-refractivity contribution is 5.88. The number of hydrogen-bond acceptors (Lipinski definition) is 4. The van der Waals surface area contributed by atoms with Crippen molar-refractivity contribution in [3.05, 3.63) is 89.1 Å². The SMILES string of the molecule is CCc1cccc2c(C(CC(=O)N(C)CCc3ccc(OC)c(OC)c3)c3cccc(OC)c3)c[nH]c12. The first kappa shape index (κ1) is 26.1. The third-order valence-corrected chi connectivity index (χ3v) is 7.07. The first-order valence-electron chi connectivity index (χ1n) is 12.7. The van der Waals surface area contributed by atoms with E-state index >= 15 is 0 Å². The molecule has 6 nitrogen and oxygen atoms in total. The molecule has 1 heterocycles. The standard InChI is InChI=1S/C31H36N2O4/c1-6-22-9-8-12-25-27(20-32-31(22)25)26(23-10-7-11-24(18-23)35-3)19-30(34)33(2)16-15-21-13-14-28(36-4)29(17-21)37-5/h7-14,17-18,20,26,32H,6,15-16,19H2,1-5H3. The lowest BCUT2D eigenvalue weighted by atomic mass is 9.87. The molecule has 0 aliphatic heterocycles. The first-order chi connectivity index (χ1) is 18.0. The highest BCUT2D eigenvalue weighted by Crippen LogP contribution is 2.36. The first-order valence-corrected chi connectivity index (χ1v) is 12.7. The fourth-order valence-corrected chi connectivity index (χ4v) is 4.88. The summed E-state index contributed by atoms with van der Waals surface area (Å²) in [6, 6.07) is 20.3. The fraction of sp³-hybridized carbons (Fsp3) is 0.323. The van der Waals surface area contributed by atoms with Crippen LogP contribution in [0.2, 0.25) is 0 Å². The van der Waals surface area contributed by atoms with Crippen LogP contribution < -0.4 is 14.2 Å². The van der Waals surface area contributed by atoms with Crippen LogP contribution in [0.3, 0.4) is 0 Å². The summed E-state index contributed by atoms with van der Waals surface area (Å²) in [5, 5.41) is 1.16. The lowest BCUT2D eigenvalue weighted by molar-refractivity contribution is -0.130. The Balaban J connectivity index is 1.58. The molecule has 194 valence electrons. The van der Waals surface area contributed by atoms with Crippen molar-refractivity contribution in [1.29, 1.82) is 0 Å². The van der Waals surface area contributed by atoms with Crippen LogP contribution in [0.25, 0.3) is 10.9 Å². The number of H-pyrrole nitrogens is 1. The number of fused-ring (bicyclic) bond motifs is 1. The number of para-hydroxylation sites is 1. The predicted molar refractivity (Wildman–Crippen MR) is 148 cm³/mol. The van der Waals surface area contributed by atoms with E-state index in [1.54, 1.807) is 21.3 Å². The number of ether oxygens (including phenoxy) is 3. The van der Waals surface area contributed by atoms with Gasteiger partial charge in [-0.25, -0.2) is 0 Å². The zero-order chi connectivity index (χ0) is 26.4. The minimum absolute atomic E-state index is 0.0919. The molecule has 0 saturated carbocycles. The molecule has 1 atom stereocenters. The van der Waals surface area contributed by atoms with Crippen molar-refractivity contribution in [3.8, 4) is 17.2 Å². The summed E-state index contributed by atoms with van der Waals surface area (Å²) in [5.41, 5.74) is 5.68. The summed E-state index contributed by atoms with van der Waals surface area (Å²) in [5.74, 6) is 2.16. The minimum Gasteiger partial charge on any atom is -0.497 e. The van der Waals surface area contributed by atoms with Crippen LogP contribution in [0.5, 0.6) is 17.2 Å². The van der Waals surface area contributed by atoms with Crippen molar-refractivity contribution in [3.63, 3.8) is 0 Å². The molecule has 3 aromatic carbocycles. The molecule has 0 fully saturated rings. The summed E-state index contributed by atoms with van der Waals surface area (Å²) < 4.78 is 16.3. The Morgan fingerprint density at radius 3 is 2.46 bits per heavy atom. The third kappa shape index (κ3) is 5.74. The van der Waals surface area contributed by atoms with Crippen molar-refractivity contribution in [2.24, 2.45) is 0 Å². The molecule has 0 aliphatic rings. The van der Waals surface area contributed by atoms with Gasteiger partial charge in [0.25, 0.3) is 0 Å². The van der Waals surface area contributed by atoms with Gasteiger partial charge in [0, 0.05) is 43.0 Å². The van der Waals surface area contributed by atoms with Gasteiger partial charge < -0.3 is 24.1 Å². The second-order valence-corrected chi connectivity index (χ2v) is 9.23. The number of nitrogens with zero attached hydrogens (tertiary/aromatic N) is 1. The third-order valence-electron chi connectivity index (χ3n) is 7.07. The number of rotatable bonds is 11. The number of aromatic nitrogens is 1. The number of likely N-dealkylation sites (N-methyl/N-ethyl adjacent to an activating group) is 1. The highest BCUT2D eigenvalue weighted by Gasteiger charge is 2.24. The Kier molecular flexibility index (Phi) is 8.39. The highest BCUT2D eigenvalue weighted by atomic mass is 16.5. The lowest BCUT2D eigenvalue weighted by Gasteiger charge is -2.23. The molecule has 1 N–H and O–H groups in total.